The molecule has 5 nitrogen and oxygen atoms in total. The Balaban J connectivity index is 2.27. The average molecular weight is 199 g/mol. The summed E-state index contributed by atoms with van der Waals surface area (Å²) in [6, 6.07) is 0.232. The SMILES string of the molecule is CCNC(=O)N1CCC(NC=O)CC1. The second-order valence-electron chi connectivity index (χ2n) is 3.38. The number of likely N-dealkylation sites (tertiary alicyclic amines) is 1. The van der Waals surface area contributed by atoms with E-state index in [0.717, 1.165) is 32.3 Å². The molecule has 1 rings (SSSR count). The topological polar surface area (TPSA) is 61.4 Å². The lowest BCUT2D eigenvalue weighted by molar-refractivity contribution is -0.110. The normalized spacial score (nSPS) is 17.6. The Labute approximate surface area is 83.8 Å². The molecule has 0 aromatic carbocycles. The van der Waals surface area contributed by atoms with Gasteiger partial charge in [0.05, 0.1) is 0 Å². The van der Waals surface area contributed by atoms with E-state index in [-0.39, 0.29) is 12.1 Å². The minimum Gasteiger partial charge on any atom is -0.356 e. The first kappa shape index (κ1) is 10.8. The van der Waals surface area contributed by atoms with E-state index in [0.29, 0.717) is 6.54 Å². The zero-order valence-electron chi connectivity index (χ0n) is 8.45. The van der Waals surface area contributed by atoms with Crippen LogP contribution in [-0.2, 0) is 4.79 Å². The number of hydrogen-bond donors (Lipinski definition) is 2. The molecule has 1 heterocycles. The molecule has 1 aliphatic heterocycles. The summed E-state index contributed by atoms with van der Waals surface area (Å²) in [6.45, 7) is 4.00. The molecule has 0 spiro atoms. The van der Waals surface area contributed by atoms with Crippen LogP contribution in [0.15, 0.2) is 0 Å². The number of carbonyl (C=O) groups excluding carboxylic acids is 2. The first-order valence-corrected chi connectivity index (χ1v) is 5.00. The predicted molar refractivity (Wildman–Crippen MR) is 52.9 cm³/mol. The lowest BCUT2D eigenvalue weighted by atomic mass is 10.1. The highest BCUT2D eigenvalue weighted by Crippen LogP contribution is 2.09. The van der Waals surface area contributed by atoms with Gasteiger partial charge in [0.25, 0.3) is 0 Å². The molecule has 0 aromatic heterocycles. The minimum absolute atomic E-state index is 0.00273. The van der Waals surface area contributed by atoms with Gasteiger partial charge in [-0.25, -0.2) is 4.79 Å². The van der Waals surface area contributed by atoms with Crippen LogP contribution in [0.5, 0.6) is 0 Å². The Morgan fingerprint density at radius 3 is 2.64 bits per heavy atom. The predicted octanol–water partition coefficient (Wildman–Crippen LogP) is -0.0737. The summed E-state index contributed by atoms with van der Waals surface area (Å²) in [5.41, 5.74) is 0. The quantitative estimate of drug-likeness (QED) is 0.625. The van der Waals surface area contributed by atoms with Gasteiger partial charge in [0, 0.05) is 25.7 Å². The highest BCUT2D eigenvalue weighted by atomic mass is 16.2. The highest BCUT2D eigenvalue weighted by Gasteiger charge is 2.21. The van der Waals surface area contributed by atoms with Crippen molar-refractivity contribution in [3.05, 3.63) is 0 Å². The molecule has 1 fully saturated rings. The zero-order valence-corrected chi connectivity index (χ0v) is 8.45. The first-order chi connectivity index (χ1) is 6.77. The van der Waals surface area contributed by atoms with E-state index in [2.05, 4.69) is 10.6 Å². The highest BCUT2D eigenvalue weighted by molar-refractivity contribution is 5.74. The summed E-state index contributed by atoms with van der Waals surface area (Å²) in [7, 11) is 0. The van der Waals surface area contributed by atoms with E-state index in [9.17, 15) is 9.59 Å². The number of nitrogens with zero attached hydrogens (tertiary/aromatic N) is 1. The molecule has 0 saturated carbocycles. The molecule has 3 amide bonds. The van der Waals surface area contributed by atoms with Crippen molar-refractivity contribution in [1.82, 2.24) is 15.5 Å². The third kappa shape index (κ3) is 2.90. The third-order valence-electron chi connectivity index (χ3n) is 2.41. The van der Waals surface area contributed by atoms with Crippen LogP contribution in [0.2, 0.25) is 0 Å². The van der Waals surface area contributed by atoms with Gasteiger partial charge < -0.3 is 15.5 Å². The molecular formula is C9H17N3O2. The van der Waals surface area contributed by atoms with Crippen molar-refractivity contribution in [2.75, 3.05) is 19.6 Å². The van der Waals surface area contributed by atoms with Gasteiger partial charge >= 0.3 is 6.03 Å². The van der Waals surface area contributed by atoms with Crippen LogP contribution in [0.1, 0.15) is 19.8 Å². The fourth-order valence-corrected chi connectivity index (χ4v) is 1.61. The molecule has 0 radical (unpaired) electrons. The molecule has 0 unspecified atom stereocenters. The number of piperidine rings is 1. The fraction of sp³-hybridized carbons (Fsp3) is 0.778. The first-order valence-electron chi connectivity index (χ1n) is 5.00. The number of amides is 3. The second-order valence-corrected chi connectivity index (χ2v) is 3.38. The monoisotopic (exact) mass is 199 g/mol. The summed E-state index contributed by atoms with van der Waals surface area (Å²) in [5.74, 6) is 0. The van der Waals surface area contributed by atoms with E-state index in [1.807, 2.05) is 6.92 Å². The van der Waals surface area contributed by atoms with Gasteiger partial charge in [0.15, 0.2) is 0 Å². The van der Waals surface area contributed by atoms with E-state index in [1.54, 1.807) is 4.90 Å². The Kier molecular flexibility index (Phi) is 4.22. The summed E-state index contributed by atoms with van der Waals surface area (Å²) >= 11 is 0. The van der Waals surface area contributed by atoms with Gasteiger partial charge in [-0.05, 0) is 19.8 Å². The van der Waals surface area contributed by atoms with E-state index in [1.165, 1.54) is 0 Å². The minimum atomic E-state index is -0.00273. The lowest BCUT2D eigenvalue weighted by Crippen LogP contribution is -2.48. The largest absolute Gasteiger partial charge is 0.356 e. The van der Waals surface area contributed by atoms with Crippen LogP contribution in [-0.4, -0.2) is 43.0 Å². The van der Waals surface area contributed by atoms with Crippen molar-refractivity contribution < 1.29 is 9.59 Å². The van der Waals surface area contributed by atoms with E-state index < -0.39 is 0 Å². The molecule has 1 aliphatic rings. The molecule has 1 saturated heterocycles. The number of rotatable bonds is 3. The van der Waals surface area contributed by atoms with Crippen LogP contribution in [0.25, 0.3) is 0 Å². The third-order valence-corrected chi connectivity index (χ3v) is 2.41. The standard InChI is InChI=1S/C9H17N3O2/c1-2-10-9(14)12-5-3-8(4-6-12)11-7-13/h7-8H,2-6H2,1H3,(H,10,14)(H,11,13). The van der Waals surface area contributed by atoms with Gasteiger partial charge in [0.2, 0.25) is 6.41 Å². The lowest BCUT2D eigenvalue weighted by Gasteiger charge is -2.31. The van der Waals surface area contributed by atoms with Crippen molar-refractivity contribution in [2.24, 2.45) is 0 Å². The summed E-state index contributed by atoms with van der Waals surface area (Å²) < 4.78 is 0. The maximum absolute atomic E-state index is 11.4. The van der Waals surface area contributed by atoms with Gasteiger partial charge in [0.1, 0.15) is 0 Å². The van der Waals surface area contributed by atoms with Gasteiger partial charge in [-0.2, -0.15) is 0 Å². The van der Waals surface area contributed by atoms with Crippen LogP contribution >= 0.6 is 0 Å². The van der Waals surface area contributed by atoms with Crippen molar-refractivity contribution in [3.63, 3.8) is 0 Å². The Bertz CT molecular complexity index is 200. The summed E-state index contributed by atoms with van der Waals surface area (Å²) in [4.78, 5) is 23.4. The molecule has 14 heavy (non-hydrogen) atoms. The summed E-state index contributed by atoms with van der Waals surface area (Å²) in [6.07, 6.45) is 2.41. The molecule has 0 aliphatic carbocycles. The molecule has 5 heteroatoms. The van der Waals surface area contributed by atoms with Gasteiger partial charge in [-0.3, -0.25) is 4.79 Å². The maximum Gasteiger partial charge on any atom is 0.317 e. The van der Waals surface area contributed by atoms with Crippen LogP contribution in [0.4, 0.5) is 4.79 Å². The van der Waals surface area contributed by atoms with Crippen LogP contribution < -0.4 is 10.6 Å². The maximum atomic E-state index is 11.4. The second kappa shape index (κ2) is 5.47. The van der Waals surface area contributed by atoms with Gasteiger partial charge in [-0.15, -0.1) is 0 Å². The van der Waals surface area contributed by atoms with Crippen molar-refractivity contribution in [1.29, 1.82) is 0 Å². The Hall–Kier alpha value is -1.26. The van der Waals surface area contributed by atoms with Crippen molar-refractivity contribution in [3.8, 4) is 0 Å². The fourth-order valence-electron chi connectivity index (χ4n) is 1.61. The smallest absolute Gasteiger partial charge is 0.317 e. The number of urea groups is 1. The average Bonchev–Trinajstić information content (AvgIpc) is 2.20. The molecule has 0 atom stereocenters. The van der Waals surface area contributed by atoms with Crippen molar-refractivity contribution in [2.45, 2.75) is 25.8 Å². The Morgan fingerprint density at radius 2 is 2.14 bits per heavy atom. The Morgan fingerprint density at radius 1 is 1.50 bits per heavy atom. The zero-order chi connectivity index (χ0) is 10.4. The van der Waals surface area contributed by atoms with Crippen molar-refractivity contribution >= 4 is 12.4 Å². The molecule has 2 N–H and O–H groups in total. The number of carbonyl (C=O) groups is 2. The summed E-state index contributed by atoms with van der Waals surface area (Å²) in [5, 5.41) is 5.50. The molecule has 0 aromatic rings. The number of hydrogen-bond acceptors (Lipinski definition) is 2. The van der Waals surface area contributed by atoms with Crippen LogP contribution in [0.3, 0.4) is 0 Å². The molecule has 0 bridgehead atoms. The van der Waals surface area contributed by atoms with E-state index in [4.69, 9.17) is 0 Å². The molecular weight excluding hydrogens is 182 g/mol. The number of nitrogens with one attached hydrogen (secondary N) is 2. The van der Waals surface area contributed by atoms with Crippen LogP contribution in [0, 0.1) is 0 Å². The van der Waals surface area contributed by atoms with Gasteiger partial charge in [-0.1, -0.05) is 0 Å². The van der Waals surface area contributed by atoms with E-state index >= 15 is 0 Å². The molecule has 80 valence electrons.